The first-order valence-electron chi connectivity index (χ1n) is 4.37. The molecule has 0 aliphatic rings. The fraction of sp³-hybridized carbons (Fsp3) is 0.222. The van der Waals surface area contributed by atoms with E-state index >= 15 is 0 Å². The van der Waals surface area contributed by atoms with Crippen molar-refractivity contribution in [3.05, 3.63) is 28.0 Å². The molecule has 0 aliphatic heterocycles. The number of carbonyl (C=O) groups is 2. The van der Waals surface area contributed by atoms with Gasteiger partial charge in [-0.15, -0.1) is 0 Å². The Morgan fingerprint density at radius 2 is 2.06 bits per heavy atom. The van der Waals surface area contributed by atoms with Crippen LogP contribution in [0.5, 0.6) is 5.88 Å². The molecular weight excluding hydrogens is 216 g/mol. The second-order valence-corrected chi connectivity index (χ2v) is 3.15. The molecule has 1 heterocycles. The molecule has 0 bridgehead atoms. The molecule has 0 unspecified atom stereocenters. The Hall–Kier alpha value is -2.31. The summed E-state index contributed by atoms with van der Waals surface area (Å²) in [6.45, 7) is 1.28. The third kappa shape index (κ3) is 2.84. The highest BCUT2D eigenvalue weighted by atomic mass is 16.4. The smallest absolute Gasteiger partial charge is 0.325 e. The summed E-state index contributed by atoms with van der Waals surface area (Å²) in [6.07, 6.45) is 0. The van der Waals surface area contributed by atoms with E-state index in [2.05, 4.69) is 5.32 Å². The second kappa shape index (κ2) is 4.47. The zero-order valence-corrected chi connectivity index (χ0v) is 8.35. The van der Waals surface area contributed by atoms with Crippen LogP contribution in [0.2, 0.25) is 0 Å². The number of aromatic hydroxyl groups is 1. The number of H-pyrrole nitrogens is 1. The maximum Gasteiger partial charge on any atom is 0.325 e. The Labute approximate surface area is 89.7 Å². The molecule has 0 radical (unpaired) electrons. The number of aromatic amines is 1. The van der Waals surface area contributed by atoms with Crippen molar-refractivity contribution in [1.82, 2.24) is 10.3 Å². The Morgan fingerprint density at radius 1 is 1.44 bits per heavy atom. The molecule has 1 atom stereocenters. The van der Waals surface area contributed by atoms with Crippen molar-refractivity contribution in [1.29, 1.82) is 0 Å². The molecule has 0 saturated heterocycles. The molecule has 1 aromatic rings. The van der Waals surface area contributed by atoms with Crippen LogP contribution in [0.3, 0.4) is 0 Å². The number of nitrogens with one attached hydrogen (secondary N) is 2. The average Bonchev–Trinajstić information content (AvgIpc) is 2.15. The summed E-state index contributed by atoms with van der Waals surface area (Å²) in [5, 5.41) is 19.7. The van der Waals surface area contributed by atoms with Crippen LogP contribution in [0.25, 0.3) is 0 Å². The van der Waals surface area contributed by atoms with Gasteiger partial charge in [-0.1, -0.05) is 0 Å². The number of carbonyl (C=O) groups excluding carboxylic acids is 1. The van der Waals surface area contributed by atoms with Crippen molar-refractivity contribution in [2.75, 3.05) is 0 Å². The van der Waals surface area contributed by atoms with E-state index in [1.54, 1.807) is 0 Å². The minimum Gasteiger partial charge on any atom is -0.494 e. The van der Waals surface area contributed by atoms with Gasteiger partial charge in [0.2, 0.25) is 0 Å². The highest BCUT2D eigenvalue weighted by Gasteiger charge is 2.15. The van der Waals surface area contributed by atoms with Crippen LogP contribution in [0, 0.1) is 0 Å². The summed E-state index contributed by atoms with van der Waals surface area (Å²) < 4.78 is 0. The van der Waals surface area contributed by atoms with E-state index in [0.29, 0.717) is 0 Å². The van der Waals surface area contributed by atoms with Gasteiger partial charge in [-0.2, -0.15) is 0 Å². The van der Waals surface area contributed by atoms with Gasteiger partial charge < -0.3 is 15.5 Å². The van der Waals surface area contributed by atoms with Crippen LogP contribution in [0.15, 0.2) is 16.9 Å². The summed E-state index contributed by atoms with van der Waals surface area (Å²) in [6, 6.07) is 0.920. The number of pyridine rings is 1. The minimum atomic E-state index is -1.19. The van der Waals surface area contributed by atoms with Gasteiger partial charge in [-0.3, -0.25) is 19.4 Å². The van der Waals surface area contributed by atoms with E-state index in [0.717, 1.165) is 12.1 Å². The largest absolute Gasteiger partial charge is 0.494 e. The molecule has 16 heavy (non-hydrogen) atoms. The monoisotopic (exact) mass is 226 g/mol. The maximum atomic E-state index is 11.4. The van der Waals surface area contributed by atoms with Gasteiger partial charge in [0.1, 0.15) is 6.04 Å². The first-order chi connectivity index (χ1) is 7.40. The Kier molecular flexibility index (Phi) is 3.29. The second-order valence-electron chi connectivity index (χ2n) is 3.15. The molecule has 1 amide bonds. The zero-order valence-electron chi connectivity index (χ0n) is 8.35. The lowest BCUT2D eigenvalue weighted by Crippen LogP contribution is -2.38. The van der Waals surface area contributed by atoms with Crippen LogP contribution in [0.4, 0.5) is 0 Å². The van der Waals surface area contributed by atoms with Crippen LogP contribution in [0.1, 0.15) is 17.3 Å². The van der Waals surface area contributed by atoms with Crippen LogP contribution >= 0.6 is 0 Å². The average molecular weight is 226 g/mol. The topological polar surface area (TPSA) is 119 Å². The summed E-state index contributed by atoms with van der Waals surface area (Å²) >= 11 is 0. The lowest BCUT2D eigenvalue weighted by molar-refractivity contribution is -0.138. The quantitative estimate of drug-likeness (QED) is 0.542. The predicted molar refractivity (Wildman–Crippen MR) is 53.3 cm³/mol. The summed E-state index contributed by atoms with van der Waals surface area (Å²) in [5.41, 5.74) is -0.748. The van der Waals surface area contributed by atoms with E-state index in [-0.39, 0.29) is 5.56 Å². The molecule has 0 aromatic carbocycles. The van der Waals surface area contributed by atoms with Gasteiger partial charge >= 0.3 is 5.97 Å². The third-order valence-corrected chi connectivity index (χ3v) is 1.81. The number of rotatable bonds is 3. The van der Waals surface area contributed by atoms with Crippen molar-refractivity contribution >= 4 is 11.9 Å². The molecule has 7 heteroatoms. The SMILES string of the molecule is C[C@H](NC(=O)c1cc(O)[nH]c(=O)c1)C(=O)O. The number of amides is 1. The van der Waals surface area contributed by atoms with Crippen molar-refractivity contribution in [2.45, 2.75) is 13.0 Å². The van der Waals surface area contributed by atoms with Crippen LogP contribution < -0.4 is 10.9 Å². The van der Waals surface area contributed by atoms with Crippen molar-refractivity contribution in [3.63, 3.8) is 0 Å². The Morgan fingerprint density at radius 3 is 2.56 bits per heavy atom. The van der Waals surface area contributed by atoms with Gasteiger partial charge in [0.15, 0.2) is 5.88 Å². The summed E-state index contributed by atoms with van der Waals surface area (Å²) in [4.78, 5) is 34.9. The Balaban J connectivity index is 2.89. The number of hydrogen-bond acceptors (Lipinski definition) is 4. The lowest BCUT2D eigenvalue weighted by Gasteiger charge is -2.08. The number of carboxylic acids is 1. The number of aromatic nitrogens is 1. The summed E-state index contributed by atoms with van der Waals surface area (Å²) in [7, 11) is 0. The fourth-order valence-electron chi connectivity index (χ4n) is 1.00. The van der Waals surface area contributed by atoms with Gasteiger partial charge in [0.25, 0.3) is 11.5 Å². The standard InChI is InChI=1S/C9H10N2O5/c1-4(9(15)16)10-8(14)5-2-6(12)11-7(13)3-5/h2-4H,1H3,(H,10,14)(H,15,16)(H2,11,12,13)/t4-/m0/s1. The van der Waals surface area contributed by atoms with E-state index in [4.69, 9.17) is 10.2 Å². The molecule has 0 aliphatic carbocycles. The fourth-order valence-corrected chi connectivity index (χ4v) is 1.00. The van der Waals surface area contributed by atoms with E-state index in [1.807, 2.05) is 4.98 Å². The molecular formula is C9H10N2O5. The molecule has 1 aromatic heterocycles. The van der Waals surface area contributed by atoms with Crippen molar-refractivity contribution in [2.24, 2.45) is 0 Å². The molecule has 0 spiro atoms. The first-order valence-corrected chi connectivity index (χ1v) is 4.37. The van der Waals surface area contributed by atoms with Gasteiger partial charge in [0, 0.05) is 12.1 Å². The van der Waals surface area contributed by atoms with Gasteiger partial charge in [-0.25, -0.2) is 0 Å². The third-order valence-electron chi connectivity index (χ3n) is 1.81. The number of carboxylic acid groups (broad SMARTS) is 1. The number of hydrogen-bond donors (Lipinski definition) is 4. The zero-order chi connectivity index (χ0) is 12.3. The van der Waals surface area contributed by atoms with Crippen LogP contribution in [-0.2, 0) is 4.79 Å². The van der Waals surface area contributed by atoms with E-state index in [9.17, 15) is 14.4 Å². The minimum absolute atomic E-state index is 0.102. The first kappa shape index (κ1) is 11.8. The normalized spacial score (nSPS) is 11.8. The van der Waals surface area contributed by atoms with E-state index in [1.165, 1.54) is 6.92 Å². The van der Waals surface area contributed by atoms with Crippen molar-refractivity contribution < 1.29 is 19.8 Å². The van der Waals surface area contributed by atoms with Gasteiger partial charge in [0.05, 0.1) is 5.56 Å². The summed E-state index contributed by atoms with van der Waals surface area (Å²) in [5.74, 6) is -2.39. The molecule has 7 nitrogen and oxygen atoms in total. The molecule has 1 rings (SSSR count). The molecule has 86 valence electrons. The lowest BCUT2D eigenvalue weighted by atomic mass is 10.2. The van der Waals surface area contributed by atoms with Crippen molar-refractivity contribution in [3.8, 4) is 5.88 Å². The Bertz CT molecular complexity index is 479. The molecule has 0 saturated carbocycles. The highest BCUT2D eigenvalue weighted by molar-refractivity contribution is 5.96. The molecule has 0 fully saturated rings. The van der Waals surface area contributed by atoms with E-state index < -0.39 is 29.4 Å². The van der Waals surface area contributed by atoms with Gasteiger partial charge in [-0.05, 0) is 6.92 Å². The van der Waals surface area contributed by atoms with Crippen LogP contribution in [-0.4, -0.2) is 33.1 Å². The predicted octanol–water partition coefficient (Wildman–Crippen LogP) is -0.717. The molecule has 4 N–H and O–H groups in total. The number of aliphatic carboxylic acids is 1. The maximum absolute atomic E-state index is 11.4. The highest BCUT2D eigenvalue weighted by Crippen LogP contribution is 2.04.